The van der Waals surface area contributed by atoms with Gasteiger partial charge in [-0.3, -0.25) is 19.2 Å². The van der Waals surface area contributed by atoms with E-state index in [2.05, 4.69) is 30.7 Å². The standard InChI is InChI=1S/C39H41F4N5O13S4/c1-64(53,54)38-47-27-5-3-22(17-29(27)62-38)35(50)45-20-24(21-46-36(51)23-4-6-28-30(18-23)63-39(48-28)65(2,55)56)37(52)44-8-10-58-12-14-60-16-15-59-13-11-57-9-7-31(49)61-34-32(42)25(40)19-26(41)33(34)43/h3-6,17-19,24H,7-16,20-21H2,1-2H3,(H,44,52)(H,45,50)(H,46,51). The number of benzene rings is 3. The van der Waals surface area contributed by atoms with Gasteiger partial charge in [0.05, 0.1) is 85.6 Å². The molecule has 0 spiro atoms. The first-order valence-corrected chi connectivity index (χ1v) is 24.6. The third-order valence-corrected chi connectivity index (χ3v) is 14.1. The van der Waals surface area contributed by atoms with Crippen LogP contribution in [0.3, 0.4) is 0 Å². The number of amides is 3. The number of ether oxygens (including phenoxy) is 5. The summed E-state index contributed by atoms with van der Waals surface area (Å²) in [5.74, 6) is -12.4. The van der Waals surface area contributed by atoms with Crippen molar-refractivity contribution >= 4 is 86.5 Å². The number of carbonyl (C=O) groups excluding carboxylic acids is 4. The van der Waals surface area contributed by atoms with Crippen LogP contribution in [0, 0.1) is 29.2 Å². The van der Waals surface area contributed by atoms with E-state index in [4.69, 9.17) is 18.9 Å². The summed E-state index contributed by atoms with van der Waals surface area (Å²) in [6.45, 7) is 0.338. The van der Waals surface area contributed by atoms with Gasteiger partial charge in [0.1, 0.15) is 0 Å². The van der Waals surface area contributed by atoms with Crippen LogP contribution in [0.25, 0.3) is 20.4 Å². The summed E-state index contributed by atoms with van der Waals surface area (Å²) in [6, 6.07) is 8.90. The highest BCUT2D eigenvalue weighted by Gasteiger charge is 2.24. The Bertz CT molecular complexity index is 2600. The first-order chi connectivity index (χ1) is 30.8. The minimum atomic E-state index is -3.57. The van der Waals surface area contributed by atoms with Gasteiger partial charge in [-0.1, -0.05) is 0 Å². The number of esters is 1. The topological polar surface area (TPSA) is 245 Å². The highest BCUT2D eigenvalue weighted by atomic mass is 32.2. The number of nitrogens with zero attached hydrogens (tertiary/aromatic N) is 2. The molecular formula is C39H41F4N5O13S4. The van der Waals surface area contributed by atoms with Crippen molar-refractivity contribution in [1.29, 1.82) is 0 Å². The Kier molecular flexibility index (Phi) is 18.2. The maximum absolute atomic E-state index is 13.6. The third kappa shape index (κ3) is 14.9. The van der Waals surface area contributed by atoms with Gasteiger partial charge in [0, 0.05) is 49.3 Å². The third-order valence-electron chi connectivity index (χ3n) is 8.68. The van der Waals surface area contributed by atoms with E-state index >= 15 is 0 Å². The second-order valence-corrected chi connectivity index (χ2v) is 20.2. The summed E-state index contributed by atoms with van der Waals surface area (Å²) in [6.07, 6.45) is 1.60. The lowest BCUT2D eigenvalue weighted by molar-refractivity contribution is -0.136. The largest absolute Gasteiger partial charge is 0.420 e. The zero-order valence-electron chi connectivity index (χ0n) is 34.5. The molecule has 3 aromatic carbocycles. The van der Waals surface area contributed by atoms with E-state index < -0.39 is 84.7 Å². The molecule has 0 unspecified atom stereocenters. The second-order valence-electron chi connectivity index (χ2n) is 13.7. The van der Waals surface area contributed by atoms with E-state index in [1.54, 1.807) is 0 Å². The fourth-order valence-corrected chi connectivity index (χ4v) is 9.16. The molecule has 0 aliphatic carbocycles. The van der Waals surface area contributed by atoms with Crippen molar-refractivity contribution in [1.82, 2.24) is 25.9 Å². The number of hydrogen-bond donors (Lipinski definition) is 3. The van der Waals surface area contributed by atoms with Crippen LogP contribution in [-0.2, 0) is 48.2 Å². The van der Waals surface area contributed by atoms with E-state index in [-0.39, 0.29) is 98.4 Å². The van der Waals surface area contributed by atoms with Gasteiger partial charge < -0.3 is 39.6 Å². The molecule has 5 aromatic rings. The van der Waals surface area contributed by atoms with Gasteiger partial charge in [-0.15, -0.1) is 22.7 Å². The minimum absolute atomic E-state index is 0.0118. The maximum atomic E-state index is 13.6. The highest BCUT2D eigenvalue weighted by Crippen LogP contribution is 2.29. The predicted octanol–water partition coefficient (Wildman–Crippen LogP) is 3.22. The molecule has 0 radical (unpaired) electrons. The summed E-state index contributed by atoms with van der Waals surface area (Å²) in [7, 11) is -7.13. The zero-order valence-corrected chi connectivity index (χ0v) is 37.7. The van der Waals surface area contributed by atoms with Crippen molar-refractivity contribution in [2.45, 2.75) is 15.1 Å². The number of carbonyl (C=O) groups is 4. The Balaban J connectivity index is 1.01. The van der Waals surface area contributed by atoms with E-state index in [9.17, 15) is 53.6 Å². The molecule has 3 amide bonds. The van der Waals surface area contributed by atoms with Gasteiger partial charge in [0.15, 0.2) is 11.6 Å². The average molecular weight is 992 g/mol. The number of thiazole rings is 2. The lowest BCUT2D eigenvalue weighted by Gasteiger charge is -2.18. The molecule has 0 aliphatic heterocycles. The normalized spacial score (nSPS) is 11.9. The lowest BCUT2D eigenvalue weighted by atomic mass is 10.1. The zero-order chi connectivity index (χ0) is 47.3. The Labute approximate surface area is 376 Å². The molecule has 0 atom stereocenters. The van der Waals surface area contributed by atoms with Gasteiger partial charge in [-0.25, -0.2) is 35.6 Å². The molecule has 2 heterocycles. The van der Waals surface area contributed by atoms with E-state index in [0.717, 1.165) is 35.2 Å². The number of nitrogens with one attached hydrogen (secondary N) is 3. The molecule has 0 saturated carbocycles. The van der Waals surface area contributed by atoms with Gasteiger partial charge in [0.25, 0.3) is 11.8 Å². The van der Waals surface area contributed by atoms with Crippen molar-refractivity contribution in [3.05, 3.63) is 76.9 Å². The van der Waals surface area contributed by atoms with Crippen LogP contribution in [0.5, 0.6) is 5.75 Å². The highest BCUT2D eigenvalue weighted by molar-refractivity contribution is 7.93. The summed E-state index contributed by atoms with van der Waals surface area (Å²) in [4.78, 5) is 59.6. The number of hydrogen-bond acceptors (Lipinski definition) is 17. The van der Waals surface area contributed by atoms with Crippen molar-refractivity contribution < 1.29 is 77.3 Å². The van der Waals surface area contributed by atoms with Crippen molar-refractivity contribution in [2.75, 3.05) is 85.0 Å². The van der Waals surface area contributed by atoms with Crippen molar-refractivity contribution in [2.24, 2.45) is 5.92 Å². The molecule has 352 valence electrons. The Morgan fingerprint density at radius 3 is 1.49 bits per heavy atom. The monoisotopic (exact) mass is 991 g/mol. The predicted molar refractivity (Wildman–Crippen MR) is 226 cm³/mol. The summed E-state index contributed by atoms with van der Waals surface area (Å²) in [5.41, 5.74) is 1.16. The van der Waals surface area contributed by atoms with Gasteiger partial charge >= 0.3 is 5.97 Å². The molecule has 2 aromatic heterocycles. The number of halogens is 4. The second kappa shape index (κ2) is 23.3. The molecule has 5 rings (SSSR count). The Morgan fingerprint density at radius 2 is 1.05 bits per heavy atom. The number of sulfone groups is 2. The summed E-state index contributed by atoms with van der Waals surface area (Å²) < 4.78 is 128. The lowest BCUT2D eigenvalue weighted by Crippen LogP contribution is -2.45. The van der Waals surface area contributed by atoms with Crippen LogP contribution in [0.15, 0.2) is 51.1 Å². The SMILES string of the molecule is CS(=O)(=O)c1nc2ccc(C(=O)NCC(CNC(=O)c3ccc4nc(S(C)(=O)=O)sc4c3)C(=O)NCCOCCOCCOCCOCCC(=O)Oc3c(F)c(F)cc(F)c3F)cc2s1. The average Bonchev–Trinajstić information content (AvgIpc) is 3.91. The van der Waals surface area contributed by atoms with Crippen LogP contribution in [0.4, 0.5) is 17.6 Å². The van der Waals surface area contributed by atoms with Crippen LogP contribution < -0.4 is 20.7 Å². The maximum Gasteiger partial charge on any atom is 0.313 e. The summed E-state index contributed by atoms with van der Waals surface area (Å²) in [5, 5.41) is 8.08. The first kappa shape index (κ1) is 50.8. The van der Waals surface area contributed by atoms with Gasteiger partial charge in [-0.05, 0) is 36.4 Å². The molecule has 3 N–H and O–H groups in total. The molecule has 0 saturated heterocycles. The van der Waals surface area contributed by atoms with Crippen LogP contribution in [-0.4, -0.2) is 135 Å². The summed E-state index contributed by atoms with van der Waals surface area (Å²) >= 11 is 1.82. The fraction of sp³-hybridized carbons (Fsp3) is 0.385. The van der Waals surface area contributed by atoms with Crippen molar-refractivity contribution in [3.8, 4) is 5.75 Å². The smallest absolute Gasteiger partial charge is 0.313 e. The Morgan fingerprint density at radius 1 is 0.615 bits per heavy atom. The molecule has 0 bridgehead atoms. The molecule has 18 nitrogen and oxygen atoms in total. The molecular weight excluding hydrogens is 951 g/mol. The number of fused-ring (bicyclic) bond motifs is 2. The Hall–Kier alpha value is -5.22. The number of rotatable bonds is 25. The van der Waals surface area contributed by atoms with E-state index in [1.807, 2.05) is 0 Å². The fourth-order valence-electron chi connectivity index (χ4n) is 5.41. The minimum Gasteiger partial charge on any atom is -0.420 e. The van der Waals surface area contributed by atoms with E-state index in [1.165, 1.54) is 36.4 Å². The van der Waals surface area contributed by atoms with Crippen molar-refractivity contribution in [3.63, 3.8) is 0 Å². The molecule has 0 fully saturated rings. The van der Waals surface area contributed by atoms with Crippen LogP contribution in [0.2, 0.25) is 0 Å². The van der Waals surface area contributed by atoms with Crippen LogP contribution >= 0.6 is 22.7 Å². The molecule has 65 heavy (non-hydrogen) atoms. The molecule has 0 aliphatic rings. The first-order valence-electron chi connectivity index (χ1n) is 19.2. The molecule has 26 heteroatoms. The van der Waals surface area contributed by atoms with Gasteiger partial charge in [0.2, 0.25) is 51.6 Å². The quantitative estimate of drug-likeness (QED) is 0.0250. The van der Waals surface area contributed by atoms with E-state index in [0.29, 0.717) is 20.4 Å². The van der Waals surface area contributed by atoms with Crippen LogP contribution in [0.1, 0.15) is 27.1 Å². The van der Waals surface area contributed by atoms with Gasteiger partial charge in [-0.2, -0.15) is 8.78 Å². The number of aromatic nitrogens is 2.